The van der Waals surface area contributed by atoms with E-state index in [9.17, 15) is 4.79 Å². The number of nitrogens with one attached hydrogen (secondary N) is 1. The molecule has 1 fully saturated rings. The zero-order valence-electron chi connectivity index (χ0n) is 13.0. The molecule has 0 saturated heterocycles. The van der Waals surface area contributed by atoms with Crippen LogP contribution in [0.2, 0.25) is 0 Å². The maximum atomic E-state index is 12.6. The summed E-state index contributed by atoms with van der Waals surface area (Å²) in [6.45, 7) is 6.07. The minimum Gasteiger partial charge on any atom is -0.409 e. The molecule has 0 aliphatic heterocycles. The lowest BCUT2D eigenvalue weighted by atomic mass is 9.79. The fraction of sp³-hybridized carbons (Fsp3) is 0.867. The van der Waals surface area contributed by atoms with Gasteiger partial charge in [-0.15, -0.1) is 0 Å². The van der Waals surface area contributed by atoms with Crippen molar-refractivity contribution in [3.8, 4) is 0 Å². The van der Waals surface area contributed by atoms with Crippen molar-refractivity contribution in [1.29, 1.82) is 0 Å². The van der Waals surface area contributed by atoms with Crippen molar-refractivity contribution in [3.05, 3.63) is 0 Å². The molecule has 5 heteroatoms. The topological polar surface area (TPSA) is 87.7 Å². The fourth-order valence-electron chi connectivity index (χ4n) is 3.10. The van der Waals surface area contributed by atoms with Gasteiger partial charge in [-0.3, -0.25) is 4.79 Å². The van der Waals surface area contributed by atoms with Crippen LogP contribution in [0.4, 0.5) is 0 Å². The van der Waals surface area contributed by atoms with Crippen molar-refractivity contribution in [2.75, 3.05) is 0 Å². The maximum Gasteiger partial charge on any atom is 0.234 e. The molecule has 1 rings (SSSR count). The number of nitrogens with zero attached hydrogens (tertiary/aromatic N) is 1. The summed E-state index contributed by atoms with van der Waals surface area (Å²) in [5.74, 6) is 0.655. The van der Waals surface area contributed by atoms with Crippen LogP contribution in [0.25, 0.3) is 0 Å². The molecule has 1 amide bonds. The predicted molar refractivity (Wildman–Crippen MR) is 80.6 cm³/mol. The van der Waals surface area contributed by atoms with Crippen molar-refractivity contribution in [1.82, 2.24) is 5.32 Å². The first-order valence-electron chi connectivity index (χ1n) is 7.79. The van der Waals surface area contributed by atoms with Gasteiger partial charge in [0.2, 0.25) is 5.91 Å². The largest absolute Gasteiger partial charge is 0.409 e. The van der Waals surface area contributed by atoms with E-state index in [1.165, 1.54) is 6.42 Å². The van der Waals surface area contributed by atoms with Crippen LogP contribution in [0.5, 0.6) is 0 Å². The molecule has 0 aromatic rings. The highest BCUT2D eigenvalue weighted by Crippen LogP contribution is 2.29. The molecule has 2 unspecified atom stereocenters. The normalized spacial score (nSPS) is 25.1. The summed E-state index contributed by atoms with van der Waals surface area (Å²) in [4.78, 5) is 12.6. The second-order valence-electron chi connectivity index (χ2n) is 6.06. The highest BCUT2D eigenvalue weighted by molar-refractivity contribution is 6.06. The molecule has 5 nitrogen and oxygen atoms in total. The van der Waals surface area contributed by atoms with Gasteiger partial charge in [-0.25, -0.2) is 0 Å². The van der Waals surface area contributed by atoms with Gasteiger partial charge in [-0.1, -0.05) is 38.8 Å². The average molecular weight is 283 g/mol. The van der Waals surface area contributed by atoms with E-state index in [-0.39, 0.29) is 17.8 Å². The van der Waals surface area contributed by atoms with E-state index in [2.05, 4.69) is 17.4 Å². The second kappa shape index (κ2) is 7.50. The Morgan fingerprint density at radius 2 is 1.95 bits per heavy atom. The first-order valence-corrected chi connectivity index (χ1v) is 7.79. The molecule has 116 valence electrons. The molecule has 2 atom stereocenters. The van der Waals surface area contributed by atoms with E-state index in [0.717, 1.165) is 31.6 Å². The number of hydrogen-bond acceptors (Lipinski definition) is 3. The second-order valence-corrected chi connectivity index (χ2v) is 6.06. The number of amides is 1. The lowest BCUT2D eigenvalue weighted by Gasteiger charge is -2.31. The van der Waals surface area contributed by atoms with Gasteiger partial charge in [0, 0.05) is 6.04 Å². The summed E-state index contributed by atoms with van der Waals surface area (Å²) in [5.41, 5.74) is 4.89. The van der Waals surface area contributed by atoms with Crippen LogP contribution in [0.3, 0.4) is 0 Å². The molecular formula is C15H29N3O2. The minimum absolute atomic E-state index is 0.0157. The maximum absolute atomic E-state index is 12.6. The van der Waals surface area contributed by atoms with Crippen LogP contribution in [-0.2, 0) is 4.79 Å². The minimum atomic E-state index is -0.882. The zero-order chi connectivity index (χ0) is 15.2. The highest BCUT2D eigenvalue weighted by Gasteiger charge is 2.40. The standard InChI is InChI=1S/C15H29N3O2/c1-4-15(5-2,13(16)18-20)14(19)17-12-8-6-7-11(3)9-10-12/h11-12,20H,4-10H2,1-3H3,(H2,16,18)(H,17,19). The summed E-state index contributed by atoms with van der Waals surface area (Å²) in [7, 11) is 0. The van der Waals surface area contributed by atoms with Gasteiger partial charge in [0.05, 0.1) is 0 Å². The third-order valence-corrected chi connectivity index (χ3v) is 4.83. The van der Waals surface area contributed by atoms with Crippen LogP contribution in [0, 0.1) is 11.3 Å². The monoisotopic (exact) mass is 283 g/mol. The fourth-order valence-corrected chi connectivity index (χ4v) is 3.10. The Hall–Kier alpha value is -1.26. The molecule has 0 aromatic heterocycles. The van der Waals surface area contributed by atoms with Crippen LogP contribution in [0.1, 0.15) is 65.7 Å². The van der Waals surface area contributed by atoms with Crippen molar-refractivity contribution >= 4 is 11.7 Å². The van der Waals surface area contributed by atoms with Crippen LogP contribution < -0.4 is 11.1 Å². The number of carbonyl (C=O) groups excluding carboxylic acids is 1. The van der Waals surface area contributed by atoms with Gasteiger partial charge in [0.25, 0.3) is 0 Å². The Balaban J connectivity index is 2.76. The van der Waals surface area contributed by atoms with E-state index in [4.69, 9.17) is 10.9 Å². The van der Waals surface area contributed by atoms with Crippen molar-refractivity contribution in [2.24, 2.45) is 22.2 Å². The first kappa shape index (κ1) is 16.8. The number of oxime groups is 1. The van der Waals surface area contributed by atoms with Crippen LogP contribution in [-0.4, -0.2) is 23.0 Å². The van der Waals surface area contributed by atoms with Gasteiger partial charge in [0.15, 0.2) is 5.84 Å². The van der Waals surface area contributed by atoms with Gasteiger partial charge >= 0.3 is 0 Å². The Morgan fingerprint density at radius 1 is 1.30 bits per heavy atom. The summed E-state index contributed by atoms with van der Waals surface area (Å²) in [6.07, 6.45) is 6.66. The van der Waals surface area contributed by atoms with Gasteiger partial charge in [0.1, 0.15) is 5.41 Å². The number of nitrogens with two attached hydrogens (primary N) is 1. The average Bonchev–Trinajstić information content (AvgIpc) is 2.65. The Bertz CT molecular complexity index is 351. The lowest BCUT2D eigenvalue weighted by Crippen LogP contribution is -2.51. The Labute approximate surface area is 122 Å². The number of rotatable bonds is 5. The smallest absolute Gasteiger partial charge is 0.234 e. The van der Waals surface area contributed by atoms with E-state index in [1.807, 2.05) is 13.8 Å². The molecular weight excluding hydrogens is 254 g/mol. The number of hydrogen-bond donors (Lipinski definition) is 3. The Kier molecular flexibility index (Phi) is 6.30. The lowest BCUT2D eigenvalue weighted by molar-refractivity contribution is -0.128. The molecule has 0 bridgehead atoms. The third-order valence-electron chi connectivity index (χ3n) is 4.83. The molecule has 1 saturated carbocycles. The van der Waals surface area contributed by atoms with Crippen molar-refractivity contribution < 1.29 is 10.0 Å². The van der Waals surface area contributed by atoms with E-state index in [1.54, 1.807) is 0 Å². The van der Waals surface area contributed by atoms with Gasteiger partial charge in [-0.2, -0.15) is 0 Å². The molecule has 0 heterocycles. The molecule has 0 aromatic carbocycles. The molecule has 0 spiro atoms. The summed E-state index contributed by atoms with van der Waals surface area (Å²) in [5, 5.41) is 15.2. The van der Waals surface area contributed by atoms with E-state index < -0.39 is 5.41 Å². The number of amidine groups is 1. The van der Waals surface area contributed by atoms with Crippen LogP contribution in [0.15, 0.2) is 5.16 Å². The Morgan fingerprint density at radius 3 is 2.50 bits per heavy atom. The van der Waals surface area contributed by atoms with Crippen molar-refractivity contribution in [3.63, 3.8) is 0 Å². The first-order chi connectivity index (χ1) is 9.50. The van der Waals surface area contributed by atoms with Gasteiger partial charge < -0.3 is 16.3 Å². The zero-order valence-corrected chi connectivity index (χ0v) is 13.0. The van der Waals surface area contributed by atoms with Crippen molar-refractivity contribution in [2.45, 2.75) is 71.8 Å². The molecule has 1 aliphatic carbocycles. The van der Waals surface area contributed by atoms with E-state index in [0.29, 0.717) is 12.8 Å². The molecule has 4 N–H and O–H groups in total. The summed E-state index contributed by atoms with van der Waals surface area (Å²) >= 11 is 0. The summed E-state index contributed by atoms with van der Waals surface area (Å²) in [6, 6.07) is 0.219. The SMILES string of the molecule is CCC(CC)(C(=O)NC1CCCC(C)CC1)C(N)=NO. The van der Waals surface area contributed by atoms with Crippen LogP contribution >= 0.6 is 0 Å². The highest BCUT2D eigenvalue weighted by atomic mass is 16.4. The van der Waals surface area contributed by atoms with E-state index >= 15 is 0 Å². The molecule has 1 aliphatic rings. The summed E-state index contributed by atoms with van der Waals surface area (Å²) < 4.78 is 0. The third kappa shape index (κ3) is 3.64. The van der Waals surface area contributed by atoms with Gasteiger partial charge in [-0.05, 0) is 38.0 Å². The predicted octanol–water partition coefficient (Wildman–Crippen LogP) is 2.62. The number of carbonyl (C=O) groups is 1. The molecule has 20 heavy (non-hydrogen) atoms. The quantitative estimate of drug-likeness (QED) is 0.238. The molecule has 0 radical (unpaired) electrons.